The van der Waals surface area contributed by atoms with Crippen molar-refractivity contribution in [2.45, 2.75) is 38.6 Å². The molecule has 3 rings (SSSR count). The highest BCUT2D eigenvalue weighted by Crippen LogP contribution is 2.35. The van der Waals surface area contributed by atoms with Crippen molar-refractivity contribution < 1.29 is 4.79 Å². The predicted octanol–water partition coefficient (Wildman–Crippen LogP) is 2.10. The zero-order valence-corrected chi connectivity index (χ0v) is 12.0. The van der Waals surface area contributed by atoms with Crippen molar-refractivity contribution in [3.63, 3.8) is 0 Å². The molecule has 2 atom stereocenters. The van der Waals surface area contributed by atoms with Crippen LogP contribution in [0.1, 0.15) is 32.1 Å². The zero-order valence-electron chi connectivity index (χ0n) is 12.0. The van der Waals surface area contributed by atoms with Crippen LogP contribution in [-0.4, -0.2) is 40.3 Å². The van der Waals surface area contributed by atoms with Crippen LogP contribution >= 0.6 is 0 Å². The molecule has 1 aliphatic heterocycles. The molecule has 1 N–H and O–H groups in total. The molecule has 20 heavy (non-hydrogen) atoms. The molecule has 0 aromatic carbocycles. The normalized spacial score (nSPS) is 26.1. The van der Waals surface area contributed by atoms with Gasteiger partial charge in [0.25, 0.3) is 0 Å². The van der Waals surface area contributed by atoms with Crippen LogP contribution < -0.4 is 5.32 Å². The minimum Gasteiger partial charge on any atom is -0.336 e. The minimum absolute atomic E-state index is 0.0983. The molecule has 2 heterocycles. The Hall–Kier alpha value is -1.52. The Morgan fingerprint density at radius 3 is 2.90 bits per heavy atom. The first-order valence-electron chi connectivity index (χ1n) is 7.83. The van der Waals surface area contributed by atoms with Crippen molar-refractivity contribution in [2.75, 3.05) is 19.6 Å². The molecule has 0 radical (unpaired) electrons. The van der Waals surface area contributed by atoms with Crippen molar-refractivity contribution in [3.8, 4) is 0 Å². The largest absolute Gasteiger partial charge is 0.336 e. The van der Waals surface area contributed by atoms with Gasteiger partial charge in [0, 0.05) is 32.0 Å². The molecular weight excluding hydrogens is 252 g/mol. The summed E-state index contributed by atoms with van der Waals surface area (Å²) in [5, 5.41) is 7.14. The summed E-state index contributed by atoms with van der Waals surface area (Å²) in [5.41, 5.74) is 0. The highest BCUT2D eigenvalue weighted by Gasteiger charge is 2.32. The van der Waals surface area contributed by atoms with E-state index in [1.165, 1.54) is 32.1 Å². The third-order valence-electron chi connectivity index (χ3n) is 4.75. The van der Waals surface area contributed by atoms with E-state index in [2.05, 4.69) is 10.4 Å². The van der Waals surface area contributed by atoms with Crippen molar-refractivity contribution >= 4 is 6.03 Å². The van der Waals surface area contributed by atoms with Gasteiger partial charge in [-0.05, 0) is 30.7 Å². The first-order chi connectivity index (χ1) is 9.83. The van der Waals surface area contributed by atoms with Gasteiger partial charge in [0.15, 0.2) is 0 Å². The molecule has 5 heteroatoms. The SMILES string of the molecule is O=C(NCCn1cccn1)N1CC[C@@H]2CCCC[C@H]2C1. The number of nitrogens with one attached hydrogen (secondary N) is 1. The Bertz CT molecular complexity index is 431. The smallest absolute Gasteiger partial charge is 0.317 e. The number of likely N-dealkylation sites (tertiary alicyclic amines) is 1. The van der Waals surface area contributed by atoms with Crippen LogP contribution in [0.2, 0.25) is 0 Å². The number of rotatable bonds is 3. The molecule has 0 spiro atoms. The molecule has 2 fully saturated rings. The summed E-state index contributed by atoms with van der Waals surface area (Å²) in [7, 11) is 0. The fraction of sp³-hybridized carbons (Fsp3) is 0.733. The number of carbonyl (C=O) groups excluding carboxylic acids is 1. The van der Waals surface area contributed by atoms with Gasteiger partial charge in [-0.1, -0.05) is 19.3 Å². The molecule has 1 aromatic rings. The summed E-state index contributed by atoms with van der Waals surface area (Å²) in [6.45, 7) is 3.26. The number of hydrogen-bond donors (Lipinski definition) is 1. The van der Waals surface area contributed by atoms with Gasteiger partial charge in [-0.3, -0.25) is 4.68 Å². The first kappa shape index (κ1) is 13.5. The molecule has 0 bridgehead atoms. The van der Waals surface area contributed by atoms with E-state index >= 15 is 0 Å². The lowest BCUT2D eigenvalue weighted by atomic mass is 9.75. The van der Waals surface area contributed by atoms with Crippen molar-refractivity contribution in [2.24, 2.45) is 11.8 Å². The third-order valence-corrected chi connectivity index (χ3v) is 4.75. The molecule has 1 saturated heterocycles. The highest BCUT2D eigenvalue weighted by molar-refractivity contribution is 5.74. The second-order valence-electron chi connectivity index (χ2n) is 6.04. The van der Waals surface area contributed by atoms with Gasteiger partial charge in [-0.15, -0.1) is 0 Å². The number of fused-ring (bicyclic) bond motifs is 1. The van der Waals surface area contributed by atoms with Gasteiger partial charge < -0.3 is 10.2 Å². The Morgan fingerprint density at radius 2 is 2.10 bits per heavy atom. The van der Waals surface area contributed by atoms with Crippen LogP contribution in [0.15, 0.2) is 18.5 Å². The standard InChI is InChI=1S/C15H24N4O/c20-15(16-8-11-19-9-3-7-17-19)18-10-6-13-4-1-2-5-14(13)12-18/h3,7,9,13-14H,1-2,4-6,8,10-12H2,(H,16,20)/t13-,14-/m0/s1. The summed E-state index contributed by atoms with van der Waals surface area (Å²) in [6.07, 6.45) is 10.3. The van der Waals surface area contributed by atoms with E-state index in [0.29, 0.717) is 6.54 Å². The summed E-state index contributed by atoms with van der Waals surface area (Å²) >= 11 is 0. The molecular formula is C15H24N4O. The maximum absolute atomic E-state index is 12.2. The van der Waals surface area contributed by atoms with E-state index in [0.717, 1.165) is 31.5 Å². The van der Waals surface area contributed by atoms with Crippen molar-refractivity contribution in [1.82, 2.24) is 20.0 Å². The Balaban J connectivity index is 1.43. The topological polar surface area (TPSA) is 50.2 Å². The highest BCUT2D eigenvalue weighted by atomic mass is 16.2. The van der Waals surface area contributed by atoms with E-state index in [1.807, 2.05) is 21.8 Å². The first-order valence-corrected chi connectivity index (χ1v) is 7.83. The fourth-order valence-electron chi connectivity index (χ4n) is 3.61. The lowest BCUT2D eigenvalue weighted by molar-refractivity contribution is 0.102. The van der Waals surface area contributed by atoms with E-state index in [-0.39, 0.29) is 6.03 Å². The summed E-state index contributed by atoms with van der Waals surface area (Å²) in [6, 6.07) is 2.00. The van der Waals surface area contributed by atoms with Crippen LogP contribution in [0.3, 0.4) is 0 Å². The zero-order chi connectivity index (χ0) is 13.8. The molecule has 5 nitrogen and oxygen atoms in total. The molecule has 110 valence electrons. The predicted molar refractivity (Wildman–Crippen MR) is 77.3 cm³/mol. The molecule has 1 aliphatic carbocycles. The van der Waals surface area contributed by atoms with Gasteiger partial charge in [-0.25, -0.2) is 4.79 Å². The van der Waals surface area contributed by atoms with Gasteiger partial charge in [-0.2, -0.15) is 5.10 Å². The fourth-order valence-corrected chi connectivity index (χ4v) is 3.61. The quantitative estimate of drug-likeness (QED) is 0.919. The lowest BCUT2D eigenvalue weighted by Crippen LogP contribution is -2.49. The molecule has 1 aromatic heterocycles. The molecule has 2 aliphatic rings. The summed E-state index contributed by atoms with van der Waals surface area (Å²) < 4.78 is 1.84. The number of hydrogen-bond acceptors (Lipinski definition) is 2. The van der Waals surface area contributed by atoms with E-state index in [4.69, 9.17) is 0 Å². The average molecular weight is 276 g/mol. The maximum atomic E-state index is 12.2. The monoisotopic (exact) mass is 276 g/mol. The lowest BCUT2D eigenvalue weighted by Gasteiger charge is -2.41. The number of carbonyl (C=O) groups is 1. The van der Waals surface area contributed by atoms with E-state index in [1.54, 1.807) is 6.20 Å². The van der Waals surface area contributed by atoms with Crippen molar-refractivity contribution in [3.05, 3.63) is 18.5 Å². The third kappa shape index (κ3) is 3.14. The Labute approximate surface area is 120 Å². The number of amides is 2. The van der Waals surface area contributed by atoms with Crippen LogP contribution in [0.4, 0.5) is 4.79 Å². The van der Waals surface area contributed by atoms with Gasteiger partial charge in [0.2, 0.25) is 0 Å². The maximum Gasteiger partial charge on any atom is 0.317 e. The number of urea groups is 1. The van der Waals surface area contributed by atoms with Crippen molar-refractivity contribution in [1.29, 1.82) is 0 Å². The number of nitrogens with zero attached hydrogens (tertiary/aromatic N) is 3. The Morgan fingerprint density at radius 1 is 1.25 bits per heavy atom. The van der Waals surface area contributed by atoms with Gasteiger partial charge in [0.1, 0.15) is 0 Å². The van der Waals surface area contributed by atoms with Gasteiger partial charge in [0.05, 0.1) is 6.54 Å². The molecule has 1 saturated carbocycles. The van der Waals surface area contributed by atoms with E-state index in [9.17, 15) is 4.79 Å². The molecule has 0 unspecified atom stereocenters. The summed E-state index contributed by atoms with van der Waals surface area (Å²) in [4.78, 5) is 14.2. The number of aromatic nitrogens is 2. The van der Waals surface area contributed by atoms with E-state index < -0.39 is 0 Å². The molecule has 2 amide bonds. The minimum atomic E-state index is 0.0983. The second kappa shape index (κ2) is 6.29. The second-order valence-corrected chi connectivity index (χ2v) is 6.04. The average Bonchev–Trinajstić information content (AvgIpc) is 3.00. The van der Waals surface area contributed by atoms with Crippen LogP contribution in [0.25, 0.3) is 0 Å². The summed E-state index contributed by atoms with van der Waals surface area (Å²) in [5.74, 6) is 1.62. The van der Waals surface area contributed by atoms with Crippen LogP contribution in [-0.2, 0) is 6.54 Å². The van der Waals surface area contributed by atoms with Crippen LogP contribution in [0.5, 0.6) is 0 Å². The van der Waals surface area contributed by atoms with Gasteiger partial charge >= 0.3 is 6.03 Å². The van der Waals surface area contributed by atoms with Crippen LogP contribution in [0, 0.1) is 11.8 Å². The number of piperidine rings is 1. The Kier molecular flexibility index (Phi) is 4.23.